The summed E-state index contributed by atoms with van der Waals surface area (Å²) in [5, 5.41) is 10.1. The van der Waals surface area contributed by atoms with Crippen molar-refractivity contribution in [2.75, 3.05) is 33.2 Å². The Kier molecular flexibility index (Phi) is 5.15. The number of rotatable bonds is 4. The molecule has 1 unspecified atom stereocenters. The van der Waals surface area contributed by atoms with Gasteiger partial charge in [0.25, 0.3) is 0 Å². The molecule has 1 heterocycles. The summed E-state index contributed by atoms with van der Waals surface area (Å²) in [6.45, 7) is 6.95. The summed E-state index contributed by atoms with van der Waals surface area (Å²) in [4.78, 5) is 16.3. The van der Waals surface area contributed by atoms with Crippen LogP contribution >= 0.6 is 0 Å². The second-order valence-corrected chi connectivity index (χ2v) is 4.72. The molecule has 1 atom stereocenters. The SMILES string of the molecule is C/C(NC(C)C(=O)N1CCN(C)CC1)=C(\N)C=N. The smallest absolute Gasteiger partial charge is 0.244 e. The number of likely N-dealkylation sites (N-methyl/N-ethyl adjacent to an activating group) is 1. The third-order valence-electron chi connectivity index (χ3n) is 3.21. The Labute approximate surface area is 108 Å². The van der Waals surface area contributed by atoms with E-state index in [1.54, 1.807) is 6.92 Å². The van der Waals surface area contributed by atoms with Gasteiger partial charge in [-0.25, -0.2) is 0 Å². The first-order chi connectivity index (χ1) is 8.45. The van der Waals surface area contributed by atoms with E-state index in [1.807, 2.05) is 11.8 Å². The van der Waals surface area contributed by atoms with Gasteiger partial charge in [-0.1, -0.05) is 0 Å². The summed E-state index contributed by atoms with van der Waals surface area (Å²) in [6.07, 6.45) is 1.08. The lowest BCUT2D eigenvalue weighted by molar-refractivity contribution is -0.134. The summed E-state index contributed by atoms with van der Waals surface area (Å²) in [5.41, 5.74) is 6.63. The van der Waals surface area contributed by atoms with Crippen LogP contribution in [0.2, 0.25) is 0 Å². The van der Waals surface area contributed by atoms with Crippen molar-refractivity contribution in [3.05, 3.63) is 11.4 Å². The minimum Gasteiger partial charge on any atom is -0.396 e. The monoisotopic (exact) mass is 253 g/mol. The summed E-state index contributed by atoms with van der Waals surface area (Å²) < 4.78 is 0. The topological polar surface area (TPSA) is 85.5 Å². The molecule has 0 aromatic heterocycles. The van der Waals surface area contributed by atoms with Gasteiger partial charge in [-0.3, -0.25) is 4.79 Å². The van der Waals surface area contributed by atoms with E-state index in [9.17, 15) is 4.79 Å². The van der Waals surface area contributed by atoms with Gasteiger partial charge in [0.15, 0.2) is 0 Å². The van der Waals surface area contributed by atoms with Crippen LogP contribution in [0.1, 0.15) is 13.8 Å². The second-order valence-electron chi connectivity index (χ2n) is 4.72. The Bertz CT molecular complexity index is 344. The van der Waals surface area contributed by atoms with Crippen molar-refractivity contribution in [2.45, 2.75) is 19.9 Å². The van der Waals surface area contributed by atoms with Crippen molar-refractivity contribution in [2.24, 2.45) is 5.73 Å². The molecule has 0 aromatic carbocycles. The third-order valence-corrected chi connectivity index (χ3v) is 3.21. The average Bonchev–Trinajstić information content (AvgIpc) is 2.37. The number of hydrogen-bond acceptors (Lipinski definition) is 5. The van der Waals surface area contributed by atoms with Crippen LogP contribution in [0.15, 0.2) is 11.4 Å². The zero-order valence-corrected chi connectivity index (χ0v) is 11.4. The van der Waals surface area contributed by atoms with Crippen LogP contribution in [0.4, 0.5) is 0 Å². The highest BCUT2D eigenvalue weighted by Crippen LogP contribution is 2.03. The van der Waals surface area contributed by atoms with Crippen LogP contribution < -0.4 is 11.1 Å². The molecule has 0 aromatic rings. The maximum absolute atomic E-state index is 12.2. The van der Waals surface area contributed by atoms with Crippen molar-refractivity contribution < 1.29 is 4.79 Å². The molecule has 0 spiro atoms. The molecular weight excluding hydrogens is 230 g/mol. The third kappa shape index (κ3) is 3.73. The first-order valence-corrected chi connectivity index (χ1v) is 6.16. The van der Waals surface area contributed by atoms with Crippen molar-refractivity contribution in [3.8, 4) is 0 Å². The zero-order chi connectivity index (χ0) is 13.7. The molecule has 0 bridgehead atoms. The molecule has 102 valence electrons. The van der Waals surface area contributed by atoms with Crippen molar-refractivity contribution in [1.29, 1.82) is 5.41 Å². The molecule has 1 fully saturated rings. The number of amides is 1. The Hall–Kier alpha value is -1.56. The first kappa shape index (κ1) is 14.5. The molecule has 1 saturated heterocycles. The number of nitrogens with one attached hydrogen (secondary N) is 2. The highest BCUT2D eigenvalue weighted by Gasteiger charge is 2.23. The number of piperazine rings is 1. The van der Waals surface area contributed by atoms with Gasteiger partial charge in [-0.2, -0.15) is 0 Å². The molecule has 1 amide bonds. The average molecular weight is 253 g/mol. The number of hydrogen-bond donors (Lipinski definition) is 3. The van der Waals surface area contributed by atoms with Gasteiger partial charge in [0.1, 0.15) is 6.04 Å². The van der Waals surface area contributed by atoms with E-state index >= 15 is 0 Å². The van der Waals surface area contributed by atoms with Crippen LogP contribution in [0.25, 0.3) is 0 Å². The van der Waals surface area contributed by atoms with Gasteiger partial charge >= 0.3 is 0 Å². The van der Waals surface area contributed by atoms with E-state index in [0.29, 0.717) is 11.4 Å². The van der Waals surface area contributed by atoms with Gasteiger partial charge in [0, 0.05) is 38.1 Å². The summed E-state index contributed by atoms with van der Waals surface area (Å²) in [5.74, 6) is 0.0835. The van der Waals surface area contributed by atoms with Crippen LogP contribution in [-0.4, -0.2) is 61.2 Å². The predicted molar refractivity (Wildman–Crippen MR) is 72.3 cm³/mol. The van der Waals surface area contributed by atoms with Crippen molar-refractivity contribution in [3.63, 3.8) is 0 Å². The van der Waals surface area contributed by atoms with Gasteiger partial charge in [0.05, 0.1) is 5.70 Å². The molecule has 4 N–H and O–H groups in total. The van der Waals surface area contributed by atoms with Crippen molar-refractivity contribution in [1.82, 2.24) is 15.1 Å². The predicted octanol–water partition coefficient (Wildman–Crippen LogP) is -0.422. The minimum atomic E-state index is -0.313. The lowest BCUT2D eigenvalue weighted by Crippen LogP contribution is -2.52. The van der Waals surface area contributed by atoms with Gasteiger partial charge in [-0.15, -0.1) is 0 Å². The highest BCUT2D eigenvalue weighted by atomic mass is 16.2. The second kappa shape index (κ2) is 6.39. The van der Waals surface area contributed by atoms with Crippen LogP contribution in [0, 0.1) is 5.41 Å². The molecule has 0 aliphatic carbocycles. The lowest BCUT2D eigenvalue weighted by atomic mass is 10.2. The molecule has 0 radical (unpaired) electrons. The standard InChI is InChI=1S/C12H23N5O/c1-9(11(14)8-13)15-10(2)12(18)17-6-4-16(3)5-7-17/h8,10,13,15H,4-7,14H2,1-3H3/b11-9+,13-8?. The van der Waals surface area contributed by atoms with E-state index < -0.39 is 0 Å². The number of carbonyl (C=O) groups excluding carboxylic acids is 1. The summed E-state index contributed by atoms with van der Waals surface area (Å²) in [6, 6.07) is -0.313. The van der Waals surface area contributed by atoms with E-state index in [1.165, 1.54) is 0 Å². The summed E-state index contributed by atoms with van der Waals surface area (Å²) >= 11 is 0. The van der Waals surface area contributed by atoms with E-state index in [-0.39, 0.29) is 11.9 Å². The Morgan fingerprint density at radius 2 is 1.94 bits per heavy atom. The zero-order valence-electron chi connectivity index (χ0n) is 11.4. The Morgan fingerprint density at radius 1 is 1.39 bits per heavy atom. The lowest BCUT2D eigenvalue weighted by Gasteiger charge is -2.34. The molecule has 18 heavy (non-hydrogen) atoms. The van der Waals surface area contributed by atoms with E-state index in [2.05, 4.69) is 17.3 Å². The Balaban J connectivity index is 2.54. The van der Waals surface area contributed by atoms with Crippen molar-refractivity contribution >= 4 is 12.1 Å². The maximum atomic E-state index is 12.2. The Morgan fingerprint density at radius 3 is 2.44 bits per heavy atom. The van der Waals surface area contributed by atoms with Gasteiger partial charge < -0.3 is 26.3 Å². The van der Waals surface area contributed by atoms with E-state index in [4.69, 9.17) is 11.1 Å². The first-order valence-electron chi connectivity index (χ1n) is 6.16. The minimum absolute atomic E-state index is 0.0835. The fourth-order valence-corrected chi connectivity index (χ4v) is 1.88. The highest BCUT2D eigenvalue weighted by molar-refractivity contribution is 5.82. The molecule has 6 heteroatoms. The number of nitrogens with two attached hydrogens (primary N) is 1. The normalized spacial score (nSPS) is 20.1. The quantitative estimate of drug-likeness (QED) is 0.594. The molecule has 1 rings (SSSR count). The molecule has 1 aliphatic rings. The van der Waals surface area contributed by atoms with Gasteiger partial charge in [-0.05, 0) is 20.9 Å². The maximum Gasteiger partial charge on any atom is 0.244 e. The fourth-order valence-electron chi connectivity index (χ4n) is 1.88. The number of allylic oxidation sites excluding steroid dienone is 2. The molecule has 6 nitrogen and oxygen atoms in total. The van der Waals surface area contributed by atoms with Gasteiger partial charge in [0.2, 0.25) is 5.91 Å². The molecule has 0 saturated carbocycles. The summed E-state index contributed by atoms with van der Waals surface area (Å²) in [7, 11) is 2.06. The molecular formula is C12H23N5O. The number of nitrogens with zero attached hydrogens (tertiary/aromatic N) is 2. The van der Waals surface area contributed by atoms with Crippen LogP contribution in [0.3, 0.4) is 0 Å². The molecule has 1 aliphatic heterocycles. The van der Waals surface area contributed by atoms with Crippen LogP contribution in [0.5, 0.6) is 0 Å². The van der Waals surface area contributed by atoms with Crippen LogP contribution in [-0.2, 0) is 4.79 Å². The largest absolute Gasteiger partial charge is 0.396 e. The fraction of sp³-hybridized carbons (Fsp3) is 0.667. The van der Waals surface area contributed by atoms with E-state index in [0.717, 1.165) is 32.4 Å². The number of carbonyl (C=O) groups is 1.